The van der Waals surface area contributed by atoms with Crippen LogP contribution in [0.15, 0.2) is 12.1 Å². The normalized spacial score (nSPS) is 10.4. The summed E-state index contributed by atoms with van der Waals surface area (Å²) in [5.41, 5.74) is -0.148. The van der Waals surface area contributed by atoms with Crippen LogP contribution in [0.2, 0.25) is 10.0 Å². The lowest BCUT2D eigenvalue weighted by molar-refractivity contribution is -0.384. The van der Waals surface area contributed by atoms with Crippen molar-refractivity contribution < 1.29 is 9.66 Å². The molecule has 0 spiro atoms. The standard InChI is InChI=1S/C11H14Cl2N2O3/c1-2-14-4-3-5-18-11-9(12)6-8(15(16)17)7-10(11)13/h6-7,14H,2-5H2,1H3. The molecule has 18 heavy (non-hydrogen) atoms. The summed E-state index contributed by atoms with van der Waals surface area (Å²) in [7, 11) is 0. The number of rotatable bonds is 7. The zero-order valence-electron chi connectivity index (χ0n) is 9.91. The molecule has 0 aromatic heterocycles. The molecule has 5 nitrogen and oxygen atoms in total. The van der Waals surface area contributed by atoms with Gasteiger partial charge in [0.1, 0.15) is 0 Å². The molecule has 1 N–H and O–H groups in total. The SMILES string of the molecule is CCNCCCOc1c(Cl)cc([N+](=O)[O-])cc1Cl. The summed E-state index contributed by atoms with van der Waals surface area (Å²) in [6, 6.07) is 2.46. The molecular formula is C11H14Cl2N2O3. The van der Waals surface area contributed by atoms with Crippen LogP contribution in [0.5, 0.6) is 5.75 Å². The number of ether oxygens (including phenoxy) is 1. The fourth-order valence-corrected chi connectivity index (χ4v) is 1.92. The summed E-state index contributed by atoms with van der Waals surface area (Å²) >= 11 is 11.8. The molecule has 0 aliphatic rings. The molecule has 0 aliphatic heterocycles. The number of nitro benzene ring substituents is 1. The third-order valence-electron chi connectivity index (χ3n) is 2.19. The highest BCUT2D eigenvalue weighted by atomic mass is 35.5. The van der Waals surface area contributed by atoms with E-state index in [4.69, 9.17) is 27.9 Å². The van der Waals surface area contributed by atoms with Gasteiger partial charge >= 0.3 is 0 Å². The Hall–Kier alpha value is -1.04. The molecule has 0 bridgehead atoms. The van der Waals surface area contributed by atoms with Crippen LogP contribution >= 0.6 is 23.2 Å². The van der Waals surface area contributed by atoms with Crippen molar-refractivity contribution >= 4 is 28.9 Å². The van der Waals surface area contributed by atoms with Crippen LogP contribution < -0.4 is 10.1 Å². The molecule has 0 radical (unpaired) electrons. The molecule has 0 heterocycles. The van der Waals surface area contributed by atoms with Crippen LogP contribution in [0.3, 0.4) is 0 Å². The van der Waals surface area contributed by atoms with Crippen LogP contribution in [0.4, 0.5) is 5.69 Å². The fraction of sp³-hybridized carbons (Fsp3) is 0.455. The van der Waals surface area contributed by atoms with Crippen LogP contribution in [0.1, 0.15) is 13.3 Å². The van der Waals surface area contributed by atoms with E-state index in [1.807, 2.05) is 6.92 Å². The van der Waals surface area contributed by atoms with Gasteiger partial charge in [-0.3, -0.25) is 10.1 Å². The Morgan fingerprint density at radius 2 is 2.00 bits per heavy atom. The molecule has 0 saturated carbocycles. The van der Waals surface area contributed by atoms with Gasteiger partial charge in [-0.25, -0.2) is 0 Å². The zero-order valence-corrected chi connectivity index (χ0v) is 11.4. The van der Waals surface area contributed by atoms with Crippen molar-refractivity contribution in [2.24, 2.45) is 0 Å². The van der Waals surface area contributed by atoms with Crippen LogP contribution in [0, 0.1) is 10.1 Å². The molecule has 0 saturated heterocycles. The van der Waals surface area contributed by atoms with Crippen LogP contribution in [-0.4, -0.2) is 24.6 Å². The number of nitrogens with one attached hydrogen (secondary N) is 1. The number of hydrogen-bond acceptors (Lipinski definition) is 4. The maximum absolute atomic E-state index is 10.6. The Morgan fingerprint density at radius 3 is 2.50 bits per heavy atom. The molecule has 0 aliphatic carbocycles. The Labute approximate surface area is 115 Å². The maximum Gasteiger partial charge on any atom is 0.272 e. The Kier molecular flexibility index (Phi) is 6.18. The number of benzene rings is 1. The van der Waals surface area contributed by atoms with Crippen LogP contribution in [-0.2, 0) is 0 Å². The van der Waals surface area contributed by atoms with Gasteiger partial charge in [0, 0.05) is 12.1 Å². The summed E-state index contributed by atoms with van der Waals surface area (Å²) in [6.07, 6.45) is 0.803. The van der Waals surface area contributed by atoms with Crippen molar-refractivity contribution in [3.8, 4) is 5.75 Å². The van der Waals surface area contributed by atoms with Gasteiger partial charge in [-0.05, 0) is 19.5 Å². The molecular weight excluding hydrogens is 279 g/mol. The summed E-state index contributed by atoms with van der Waals surface area (Å²) in [6.45, 7) is 4.20. The van der Waals surface area contributed by atoms with E-state index in [1.165, 1.54) is 12.1 Å². The van der Waals surface area contributed by atoms with Gasteiger partial charge in [0.15, 0.2) is 5.75 Å². The number of nitrogens with zero attached hydrogens (tertiary/aromatic N) is 1. The first-order chi connectivity index (χ1) is 8.56. The van der Waals surface area contributed by atoms with Crippen molar-refractivity contribution in [2.45, 2.75) is 13.3 Å². The van der Waals surface area contributed by atoms with Gasteiger partial charge in [-0.1, -0.05) is 30.1 Å². The van der Waals surface area contributed by atoms with Gasteiger partial charge in [0.2, 0.25) is 0 Å². The second kappa shape index (κ2) is 7.41. The topological polar surface area (TPSA) is 64.4 Å². The molecule has 100 valence electrons. The van der Waals surface area contributed by atoms with Gasteiger partial charge in [0.05, 0.1) is 21.6 Å². The van der Waals surface area contributed by atoms with E-state index in [0.29, 0.717) is 12.4 Å². The van der Waals surface area contributed by atoms with E-state index < -0.39 is 4.92 Å². The van der Waals surface area contributed by atoms with Gasteiger partial charge < -0.3 is 10.1 Å². The minimum atomic E-state index is -0.549. The molecule has 7 heteroatoms. The molecule has 0 amide bonds. The van der Waals surface area contributed by atoms with Crippen molar-refractivity contribution in [3.63, 3.8) is 0 Å². The van der Waals surface area contributed by atoms with Crippen molar-refractivity contribution in [1.82, 2.24) is 5.32 Å². The smallest absolute Gasteiger partial charge is 0.272 e. The molecule has 1 rings (SSSR count). The van der Waals surface area contributed by atoms with E-state index >= 15 is 0 Å². The third kappa shape index (κ3) is 4.33. The van der Waals surface area contributed by atoms with Gasteiger partial charge in [-0.15, -0.1) is 0 Å². The zero-order chi connectivity index (χ0) is 13.5. The highest BCUT2D eigenvalue weighted by Crippen LogP contribution is 2.36. The number of non-ortho nitro benzene ring substituents is 1. The summed E-state index contributed by atoms with van der Waals surface area (Å²) in [5, 5.41) is 14.0. The largest absolute Gasteiger partial charge is 0.490 e. The van der Waals surface area contributed by atoms with Crippen molar-refractivity contribution in [3.05, 3.63) is 32.3 Å². The number of hydrogen-bond donors (Lipinski definition) is 1. The summed E-state index contributed by atoms with van der Waals surface area (Å²) in [5.74, 6) is 0.292. The van der Waals surface area contributed by atoms with Crippen LogP contribution in [0.25, 0.3) is 0 Å². The summed E-state index contributed by atoms with van der Waals surface area (Å²) in [4.78, 5) is 10.0. The highest BCUT2D eigenvalue weighted by Gasteiger charge is 2.15. The number of halogens is 2. The van der Waals surface area contributed by atoms with Crippen molar-refractivity contribution in [2.75, 3.05) is 19.7 Å². The highest BCUT2D eigenvalue weighted by molar-refractivity contribution is 6.37. The monoisotopic (exact) mass is 292 g/mol. The lowest BCUT2D eigenvalue weighted by atomic mass is 10.3. The second-order valence-electron chi connectivity index (χ2n) is 3.55. The van der Waals surface area contributed by atoms with Crippen molar-refractivity contribution in [1.29, 1.82) is 0 Å². The molecule has 1 aromatic carbocycles. The second-order valence-corrected chi connectivity index (χ2v) is 4.37. The maximum atomic E-state index is 10.6. The fourth-order valence-electron chi connectivity index (χ4n) is 1.34. The minimum absolute atomic E-state index is 0.148. The van der Waals surface area contributed by atoms with E-state index in [2.05, 4.69) is 5.32 Å². The predicted molar refractivity (Wildman–Crippen MR) is 71.8 cm³/mol. The first-order valence-electron chi connectivity index (χ1n) is 5.53. The lowest BCUT2D eigenvalue weighted by Gasteiger charge is -2.09. The third-order valence-corrected chi connectivity index (χ3v) is 2.75. The van der Waals surface area contributed by atoms with Gasteiger partial charge in [-0.2, -0.15) is 0 Å². The van der Waals surface area contributed by atoms with E-state index in [1.54, 1.807) is 0 Å². The molecule has 0 atom stereocenters. The lowest BCUT2D eigenvalue weighted by Crippen LogP contribution is -2.16. The van der Waals surface area contributed by atoms with Gasteiger partial charge in [0.25, 0.3) is 5.69 Å². The Bertz CT molecular complexity index is 404. The molecule has 1 aromatic rings. The average molecular weight is 293 g/mol. The first-order valence-corrected chi connectivity index (χ1v) is 6.28. The number of nitro groups is 1. The first kappa shape index (κ1) is 15.0. The Balaban J connectivity index is 2.63. The van der Waals surface area contributed by atoms with E-state index in [0.717, 1.165) is 19.5 Å². The molecule has 0 fully saturated rings. The average Bonchev–Trinajstić information content (AvgIpc) is 2.31. The predicted octanol–water partition coefficient (Wildman–Crippen LogP) is 3.28. The minimum Gasteiger partial charge on any atom is -0.490 e. The van der Waals surface area contributed by atoms with E-state index in [-0.39, 0.29) is 15.7 Å². The van der Waals surface area contributed by atoms with E-state index in [9.17, 15) is 10.1 Å². The molecule has 0 unspecified atom stereocenters. The Morgan fingerprint density at radius 1 is 1.39 bits per heavy atom. The summed E-state index contributed by atoms with van der Waals surface area (Å²) < 4.78 is 5.42. The quantitative estimate of drug-likeness (QED) is 0.476.